The highest BCUT2D eigenvalue weighted by Gasteiger charge is 2.15. The molecule has 0 unspecified atom stereocenters. The highest BCUT2D eigenvalue weighted by molar-refractivity contribution is 5.89. The van der Waals surface area contributed by atoms with Crippen molar-refractivity contribution < 1.29 is 9.53 Å². The molecule has 1 aromatic carbocycles. The first-order valence-electron chi connectivity index (χ1n) is 5.75. The van der Waals surface area contributed by atoms with Gasteiger partial charge in [-0.25, -0.2) is 0 Å². The van der Waals surface area contributed by atoms with E-state index in [9.17, 15) is 4.79 Å². The molecule has 84 valence electrons. The lowest BCUT2D eigenvalue weighted by molar-refractivity contribution is -0.104. The van der Waals surface area contributed by atoms with Gasteiger partial charge in [0.1, 0.15) is 12.0 Å². The highest BCUT2D eigenvalue weighted by Crippen LogP contribution is 2.33. The van der Waals surface area contributed by atoms with E-state index in [4.69, 9.17) is 4.74 Å². The second kappa shape index (κ2) is 4.97. The molecule has 0 saturated carbocycles. The number of rotatable bonds is 4. The Morgan fingerprint density at radius 3 is 2.62 bits per heavy atom. The van der Waals surface area contributed by atoms with Gasteiger partial charge in [-0.2, -0.15) is 0 Å². The summed E-state index contributed by atoms with van der Waals surface area (Å²) >= 11 is 0. The summed E-state index contributed by atoms with van der Waals surface area (Å²) in [5.74, 6) is 0.887. The molecule has 2 nitrogen and oxygen atoms in total. The average molecular weight is 216 g/mol. The monoisotopic (exact) mass is 216 g/mol. The van der Waals surface area contributed by atoms with Crippen molar-refractivity contribution >= 4 is 11.9 Å². The lowest BCUT2D eigenvalue weighted by atomic mass is 10.0. The minimum absolute atomic E-state index is 0.682. The van der Waals surface area contributed by atoms with Crippen LogP contribution in [0.4, 0.5) is 0 Å². The minimum Gasteiger partial charge on any atom is -0.494 e. The van der Waals surface area contributed by atoms with Gasteiger partial charge in [0.05, 0.1) is 6.61 Å². The maximum Gasteiger partial charge on any atom is 0.146 e. The fourth-order valence-electron chi connectivity index (χ4n) is 2.15. The molecule has 16 heavy (non-hydrogen) atoms. The maximum absolute atomic E-state index is 10.9. The summed E-state index contributed by atoms with van der Waals surface area (Å²) in [7, 11) is 0. The molecule has 0 heterocycles. The highest BCUT2D eigenvalue weighted by atomic mass is 16.5. The number of allylic oxidation sites excluding steroid dienone is 2. The SMILES string of the molecule is CCOc1ccc(C2=C(C=O)CCC2)cc1. The van der Waals surface area contributed by atoms with Gasteiger partial charge in [-0.05, 0) is 55.0 Å². The number of ether oxygens (including phenoxy) is 1. The van der Waals surface area contributed by atoms with Crippen LogP contribution >= 0.6 is 0 Å². The van der Waals surface area contributed by atoms with Crippen LogP contribution < -0.4 is 4.74 Å². The van der Waals surface area contributed by atoms with E-state index in [-0.39, 0.29) is 0 Å². The quantitative estimate of drug-likeness (QED) is 0.722. The zero-order valence-electron chi connectivity index (χ0n) is 9.53. The van der Waals surface area contributed by atoms with Gasteiger partial charge in [-0.1, -0.05) is 12.1 Å². The lowest BCUT2D eigenvalue weighted by Gasteiger charge is -2.06. The van der Waals surface area contributed by atoms with Crippen LogP contribution in [0.25, 0.3) is 5.57 Å². The Morgan fingerprint density at radius 2 is 2.00 bits per heavy atom. The number of carbonyl (C=O) groups excluding carboxylic acids is 1. The molecule has 0 aliphatic heterocycles. The van der Waals surface area contributed by atoms with Crippen LogP contribution in [0.5, 0.6) is 5.75 Å². The van der Waals surface area contributed by atoms with E-state index >= 15 is 0 Å². The molecule has 0 spiro atoms. The summed E-state index contributed by atoms with van der Waals surface area (Å²) in [5, 5.41) is 0. The van der Waals surface area contributed by atoms with Crippen molar-refractivity contribution in [2.24, 2.45) is 0 Å². The van der Waals surface area contributed by atoms with Gasteiger partial charge < -0.3 is 4.74 Å². The molecular formula is C14H16O2. The summed E-state index contributed by atoms with van der Waals surface area (Å²) in [6.07, 6.45) is 4.03. The van der Waals surface area contributed by atoms with Gasteiger partial charge >= 0.3 is 0 Å². The molecule has 2 rings (SSSR count). The van der Waals surface area contributed by atoms with Crippen molar-refractivity contribution in [3.63, 3.8) is 0 Å². The standard InChI is InChI=1S/C14H16O2/c1-2-16-13-8-6-11(7-9-13)14-5-3-4-12(14)10-15/h6-10H,2-5H2,1H3. The predicted octanol–water partition coefficient (Wildman–Crippen LogP) is 3.22. The Hall–Kier alpha value is -1.57. The van der Waals surface area contributed by atoms with E-state index in [2.05, 4.69) is 0 Å². The van der Waals surface area contributed by atoms with Crippen molar-refractivity contribution in [2.45, 2.75) is 26.2 Å². The lowest BCUT2D eigenvalue weighted by Crippen LogP contribution is -1.92. The Balaban J connectivity index is 2.24. The van der Waals surface area contributed by atoms with Crippen LogP contribution in [0.15, 0.2) is 29.8 Å². The fraction of sp³-hybridized carbons (Fsp3) is 0.357. The molecule has 1 aliphatic rings. The zero-order valence-corrected chi connectivity index (χ0v) is 9.53. The Bertz CT molecular complexity index is 401. The molecule has 0 saturated heterocycles. The molecule has 0 atom stereocenters. The number of carbonyl (C=O) groups is 1. The van der Waals surface area contributed by atoms with Gasteiger partial charge in [0.15, 0.2) is 0 Å². The average Bonchev–Trinajstić information content (AvgIpc) is 2.78. The van der Waals surface area contributed by atoms with E-state index in [1.807, 2.05) is 31.2 Å². The molecule has 0 amide bonds. The Labute approximate surface area is 95.9 Å². The summed E-state index contributed by atoms with van der Waals surface area (Å²) in [6.45, 7) is 2.65. The topological polar surface area (TPSA) is 26.3 Å². The smallest absolute Gasteiger partial charge is 0.146 e. The first-order valence-corrected chi connectivity index (χ1v) is 5.75. The molecule has 0 N–H and O–H groups in total. The normalized spacial score (nSPS) is 15.3. The Morgan fingerprint density at radius 1 is 1.25 bits per heavy atom. The van der Waals surface area contributed by atoms with Gasteiger partial charge in [0.2, 0.25) is 0 Å². The van der Waals surface area contributed by atoms with E-state index in [1.54, 1.807) is 0 Å². The largest absolute Gasteiger partial charge is 0.494 e. The van der Waals surface area contributed by atoms with Crippen LogP contribution in [-0.4, -0.2) is 12.9 Å². The number of aldehydes is 1. The van der Waals surface area contributed by atoms with Gasteiger partial charge in [-0.3, -0.25) is 4.79 Å². The van der Waals surface area contributed by atoms with Gasteiger partial charge in [0, 0.05) is 0 Å². The molecule has 1 aromatic rings. The van der Waals surface area contributed by atoms with E-state index in [0.717, 1.165) is 42.4 Å². The predicted molar refractivity (Wildman–Crippen MR) is 64.4 cm³/mol. The van der Waals surface area contributed by atoms with Crippen LogP contribution in [0.3, 0.4) is 0 Å². The zero-order chi connectivity index (χ0) is 11.4. The second-order valence-corrected chi connectivity index (χ2v) is 3.93. The molecular weight excluding hydrogens is 200 g/mol. The summed E-state index contributed by atoms with van der Waals surface area (Å²) in [6, 6.07) is 8.00. The van der Waals surface area contributed by atoms with Crippen LogP contribution in [0.1, 0.15) is 31.7 Å². The van der Waals surface area contributed by atoms with Crippen molar-refractivity contribution in [2.75, 3.05) is 6.61 Å². The molecule has 1 aliphatic carbocycles. The van der Waals surface area contributed by atoms with Gasteiger partial charge in [0.25, 0.3) is 0 Å². The fourth-order valence-corrected chi connectivity index (χ4v) is 2.15. The van der Waals surface area contributed by atoms with Crippen molar-refractivity contribution in [1.82, 2.24) is 0 Å². The van der Waals surface area contributed by atoms with Crippen molar-refractivity contribution in [3.8, 4) is 5.75 Å². The Kier molecular flexibility index (Phi) is 3.40. The second-order valence-electron chi connectivity index (χ2n) is 3.93. The third-order valence-corrected chi connectivity index (χ3v) is 2.92. The molecule has 0 aromatic heterocycles. The van der Waals surface area contributed by atoms with Crippen molar-refractivity contribution in [1.29, 1.82) is 0 Å². The number of hydrogen-bond acceptors (Lipinski definition) is 2. The molecule has 0 fully saturated rings. The van der Waals surface area contributed by atoms with Crippen LogP contribution in [0.2, 0.25) is 0 Å². The third-order valence-electron chi connectivity index (χ3n) is 2.92. The third kappa shape index (κ3) is 2.16. The van der Waals surface area contributed by atoms with Gasteiger partial charge in [-0.15, -0.1) is 0 Å². The van der Waals surface area contributed by atoms with E-state index < -0.39 is 0 Å². The number of hydrogen-bond donors (Lipinski definition) is 0. The minimum atomic E-state index is 0.682. The first-order chi connectivity index (χ1) is 7.85. The van der Waals surface area contributed by atoms with Crippen LogP contribution in [0, 0.1) is 0 Å². The number of benzene rings is 1. The van der Waals surface area contributed by atoms with Crippen molar-refractivity contribution in [3.05, 3.63) is 35.4 Å². The van der Waals surface area contributed by atoms with E-state index in [0.29, 0.717) is 6.61 Å². The summed E-state index contributed by atoms with van der Waals surface area (Å²) in [5.41, 5.74) is 3.32. The van der Waals surface area contributed by atoms with Crippen LogP contribution in [-0.2, 0) is 4.79 Å². The van der Waals surface area contributed by atoms with E-state index in [1.165, 1.54) is 5.57 Å². The first kappa shape index (κ1) is 10.9. The summed E-state index contributed by atoms with van der Waals surface area (Å²) < 4.78 is 5.39. The molecule has 2 heteroatoms. The summed E-state index contributed by atoms with van der Waals surface area (Å²) in [4.78, 5) is 10.9. The molecule has 0 radical (unpaired) electrons. The maximum atomic E-state index is 10.9. The molecule has 0 bridgehead atoms.